The molecule has 0 aromatic heterocycles. The molecule has 5 heteroatoms. The third-order valence-corrected chi connectivity index (χ3v) is 9.65. The highest BCUT2D eigenvalue weighted by molar-refractivity contribution is 5.84. The van der Waals surface area contributed by atoms with E-state index in [-0.39, 0.29) is 35.7 Å². The minimum absolute atomic E-state index is 0.0149. The van der Waals surface area contributed by atoms with Gasteiger partial charge >= 0.3 is 0 Å². The second-order valence-corrected chi connectivity index (χ2v) is 11.7. The molecule has 5 nitrogen and oxygen atoms in total. The van der Waals surface area contributed by atoms with Crippen LogP contribution in [0.3, 0.4) is 0 Å². The van der Waals surface area contributed by atoms with Crippen molar-refractivity contribution in [2.45, 2.75) is 88.8 Å². The van der Waals surface area contributed by atoms with Crippen LogP contribution in [0.25, 0.3) is 0 Å². The van der Waals surface area contributed by atoms with E-state index < -0.39 is 0 Å². The highest BCUT2D eigenvalue weighted by Crippen LogP contribution is 2.49. The summed E-state index contributed by atoms with van der Waals surface area (Å²) in [4.78, 5) is 29.6. The molecule has 2 saturated carbocycles. The lowest BCUT2D eigenvalue weighted by atomic mass is 9.75. The molecule has 0 spiro atoms. The zero-order chi connectivity index (χ0) is 24.5. The maximum atomic E-state index is 14.2. The lowest BCUT2D eigenvalue weighted by molar-refractivity contribution is -0.140. The zero-order valence-electron chi connectivity index (χ0n) is 21.4. The predicted octanol–water partition coefficient (Wildman–Crippen LogP) is 5.76. The number of hydrogen-bond donors (Lipinski definition) is 2. The highest BCUT2D eigenvalue weighted by Gasteiger charge is 2.49. The molecule has 5 aliphatic rings. The van der Waals surface area contributed by atoms with Crippen LogP contribution in [0.1, 0.15) is 82.2 Å². The van der Waals surface area contributed by atoms with Crippen LogP contribution in [0, 0.1) is 23.7 Å². The molecule has 1 unspecified atom stereocenters. The summed E-state index contributed by atoms with van der Waals surface area (Å²) in [7, 11) is 0. The Labute approximate surface area is 215 Å². The lowest BCUT2D eigenvalue weighted by Gasteiger charge is -2.44. The van der Waals surface area contributed by atoms with Crippen molar-refractivity contribution >= 4 is 17.5 Å². The van der Waals surface area contributed by atoms with Crippen LogP contribution < -0.4 is 10.6 Å². The van der Waals surface area contributed by atoms with Crippen molar-refractivity contribution < 1.29 is 9.59 Å². The van der Waals surface area contributed by atoms with Gasteiger partial charge in [-0.15, -0.1) is 0 Å². The molecule has 6 rings (SSSR count). The molecule has 2 aliphatic heterocycles. The van der Waals surface area contributed by atoms with E-state index in [1.54, 1.807) is 0 Å². The normalized spacial score (nSPS) is 33.9. The molecule has 0 radical (unpaired) electrons. The van der Waals surface area contributed by atoms with E-state index in [9.17, 15) is 9.59 Å². The van der Waals surface area contributed by atoms with Gasteiger partial charge in [0.15, 0.2) is 0 Å². The highest BCUT2D eigenvalue weighted by atomic mass is 16.2. The first kappa shape index (κ1) is 23.8. The van der Waals surface area contributed by atoms with Gasteiger partial charge in [0.1, 0.15) is 0 Å². The van der Waals surface area contributed by atoms with Crippen molar-refractivity contribution in [3.63, 3.8) is 0 Å². The van der Waals surface area contributed by atoms with Gasteiger partial charge in [0, 0.05) is 42.1 Å². The Morgan fingerprint density at radius 1 is 0.917 bits per heavy atom. The Morgan fingerprint density at radius 3 is 2.56 bits per heavy atom. The monoisotopic (exact) mass is 487 g/mol. The second-order valence-electron chi connectivity index (χ2n) is 11.7. The van der Waals surface area contributed by atoms with Crippen molar-refractivity contribution in [3.05, 3.63) is 54.1 Å². The van der Waals surface area contributed by atoms with Crippen LogP contribution in [0.5, 0.6) is 0 Å². The van der Waals surface area contributed by atoms with Crippen molar-refractivity contribution in [3.8, 4) is 0 Å². The van der Waals surface area contributed by atoms with E-state index in [0.717, 1.165) is 70.8 Å². The molecule has 3 aliphatic carbocycles. The van der Waals surface area contributed by atoms with Crippen LogP contribution in [0.4, 0.5) is 5.69 Å². The van der Waals surface area contributed by atoms with Crippen LogP contribution in [0.2, 0.25) is 0 Å². The molecule has 2 amide bonds. The van der Waals surface area contributed by atoms with Gasteiger partial charge in [-0.3, -0.25) is 9.59 Å². The van der Waals surface area contributed by atoms with Gasteiger partial charge in [-0.1, -0.05) is 74.6 Å². The number of para-hydroxylation sites is 1. The molecule has 2 N–H and O–H groups in total. The summed E-state index contributed by atoms with van der Waals surface area (Å²) in [6.07, 6.45) is 20.5. The number of likely N-dealkylation sites (tertiary alicyclic amines) is 1. The summed E-state index contributed by atoms with van der Waals surface area (Å²) in [5.74, 6) is 1.37. The van der Waals surface area contributed by atoms with E-state index in [2.05, 4.69) is 64.1 Å². The van der Waals surface area contributed by atoms with Crippen LogP contribution in [0.15, 0.2) is 48.6 Å². The quantitative estimate of drug-likeness (QED) is 0.568. The molecule has 36 heavy (non-hydrogen) atoms. The average Bonchev–Trinajstić information content (AvgIpc) is 3.39. The van der Waals surface area contributed by atoms with E-state index in [1.165, 1.54) is 17.7 Å². The van der Waals surface area contributed by atoms with Crippen molar-refractivity contribution in [1.82, 2.24) is 10.2 Å². The predicted molar refractivity (Wildman–Crippen MR) is 143 cm³/mol. The first-order chi connectivity index (χ1) is 17.7. The largest absolute Gasteiger partial charge is 0.381 e. The zero-order valence-corrected chi connectivity index (χ0v) is 21.4. The average molecular weight is 488 g/mol. The first-order valence-electron chi connectivity index (χ1n) is 14.5. The third-order valence-electron chi connectivity index (χ3n) is 9.65. The fraction of sp³-hybridized carbons (Fsp3) is 0.613. The number of amides is 2. The second kappa shape index (κ2) is 10.4. The molecular weight excluding hydrogens is 446 g/mol. The third kappa shape index (κ3) is 4.50. The topological polar surface area (TPSA) is 61.4 Å². The number of anilines is 1. The summed E-state index contributed by atoms with van der Waals surface area (Å²) < 4.78 is 0. The molecule has 1 saturated heterocycles. The fourth-order valence-electron chi connectivity index (χ4n) is 7.78. The minimum atomic E-state index is -0.0944. The van der Waals surface area contributed by atoms with Gasteiger partial charge in [-0.05, 0) is 50.2 Å². The maximum Gasteiger partial charge on any atom is 0.228 e. The Hall–Kier alpha value is -2.56. The number of fused-ring (bicyclic) bond motifs is 3. The molecule has 1 aromatic carbocycles. The number of carbonyl (C=O) groups excluding carboxylic acids is 2. The van der Waals surface area contributed by atoms with Crippen LogP contribution in [-0.2, 0) is 9.59 Å². The Bertz CT molecular complexity index is 1030. The summed E-state index contributed by atoms with van der Waals surface area (Å²) in [6, 6.07) is 9.03. The van der Waals surface area contributed by atoms with E-state index in [1.807, 2.05) is 0 Å². The summed E-state index contributed by atoms with van der Waals surface area (Å²) in [6.45, 7) is 0.812. The number of hydrogen-bond acceptors (Lipinski definition) is 3. The molecular formula is C31H41N3O2. The molecule has 3 fully saturated rings. The van der Waals surface area contributed by atoms with Crippen LogP contribution in [-0.4, -0.2) is 35.3 Å². The summed E-state index contributed by atoms with van der Waals surface area (Å²) in [5, 5.41) is 7.25. The minimum Gasteiger partial charge on any atom is -0.381 e. The van der Waals surface area contributed by atoms with Crippen molar-refractivity contribution in [2.24, 2.45) is 23.7 Å². The van der Waals surface area contributed by atoms with Crippen molar-refractivity contribution in [2.75, 3.05) is 11.9 Å². The summed E-state index contributed by atoms with van der Waals surface area (Å²) >= 11 is 0. The van der Waals surface area contributed by atoms with Gasteiger partial charge in [0.25, 0.3) is 0 Å². The van der Waals surface area contributed by atoms with Gasteiger partial charge in [-0.25, -0.2) is 0 Å². The number of rotatable bonds is 4. The van der Waals surface area contributed by atoms with E-state index >= 15 is 0 Å². The first-order valence-corrected chi connectivity index (χ1v) is 14.5. The summed E-state index contributed by atoms with van der Waals surface area (Å²) in [5.41, 5.74) is 2.44. The van der Waals surface area contributed by atoms with Gasteiger partial charge in [0.05, 0.1) is 12.0 Å². The molecule has 1 aromatic rings. The molecule has 2 heterocycles. The number of benzene rings is 1. The van der Waals surface area contributed by atoms with E-state index in [4.69, 9.17) is 0 Å². The number of nitrogens with one attached hydrogen (secondary N) is 2. The van der Waals surface area contributed by atoms with Crippen molar-refractivity contribution in [1.29, 1.82) is 0 Å². The van der Waals surface area contributed by atoms with Gasteiger partial charge in [-0.2, -0.15) is 0 Å². The van der Waals surface area contributed by atoms with Gasteiger partial charge in [0.2, 0.25) is 11.8 Å². The Kier molecular flexibility index (Phi) is 6.90. The molecule has 192 valence electrons. The number of allylic oxidation sites excluding steroid dienone is 3. The number of carbonyl (C=O) groups is 2. The fourth-order valence-corrected chi connectivity index (χ4v) is 7.78. The molecule has 6 atom stereocenters. The SMILES string of the molecule is O=C(N[C@@H]1CCCC[C@@H]1C(=O)N1CC[C@@H]2[C@H](C3C=CC=CC3)Nc3ccccc3[C@@H]21)C1CCCCC1. The van der Waals surface area contributed by atoms with Gasteiger partial charge < -0.3 is 15.5 Å². The lowest BCUT2D eigenvalue weighted by Crippen LogP contribution is -2.52. The standard InChI is InChI=1S/C31H41N3O2/c35-30(22-13-5-2-6-14-22)33-27-18-10-8-16-24(27)31(36)34-20-19-25-28(21-11-3-1-4-12-21)32-26-17-9-7-15-23(26)29(25)34/h1,3-4,7,9,11,15,17,21-22,24-25,27-29,32H,2,5-6,8,10,12-14,16,18-20H2,(H,33,35)/t21?,24-,25+,27+,28-,29-/m0/s1. The smallest absolute Gasteiger partial charge is 0.228 e. The maximum absolute atomic E-state index is 14.2. The van der Waals surface area contributed by atoms with Crippen LogP contribution >= 0.6 is 0 Å². The van der Waals surface area contributed by atoms with E-state index in [0.29, 0.717) is 17.9 Å². The molecule has 0 bridgehead atoms. The Morgan fingerprint density at radius 2 is 1.72 bits per heavy atom. The number of nitrogens with zero attached hydrogens (tertiary/aromatic N) is 1. The Balaban J connectivity index is 1.23.